The molecule has 0 N–H and O–H groups in total. The lowest BCUT2D eigenvalue weighted by molar-refractivity contribution is 1.30. The van der Waals surface area contributed by atoms with Gasteiger partial charge in [-0.25, -0.2) is 0 Å². The maximum absolute atomic E-state index is 2.39. The lowest BCUT2D eigenvalue weighted by atomic mass is 10.0. The van der Waals surface area contributed by atoms with Gasteiger partial charge in [-0.2, -0.15) is 0 Å². The first-order valence-electron chi connectivity index (χ1n) is 14.5. The fourth-order valence-electron chi connectivity index (χ4n) is 6.40. The Hall–Kier alpha value is -4.96. The molecule has 0 aliphatic heterocycles. The smallest absolute Gasteiger partial charge is 0.0640 e. The molecule has 2 aromatic heterocycles. The van der Waals surface area contributed by atoms with Crippen LogP contribution in [0.1, 0.15) is 0 Å². The predicted molar refractivity (Wildman–Crippen MR) is 190 cm³/mol. The van der Waals surface area contributed by atoms with E-state index < -0.39 is 0 Å². The van der Waals surface area contributed by atoms with Crippen LogP contribution in [0.25, 0.3) is 62.2 Å². The Morgan fingerprint density at radius 2 is 1.00 bits per heavy atom. The molecule has 0 aliphatic carbocycles. The van der Waals surface area contributed by atoms with Gasteiger partial charge in [-0.05, 0) is 64.4 Å². The molecule has 0 unspecified atom stereocenters. The summed E-state index contributed by atoms with van der Waals surface area (Å²) in [5.74, 6) is 0. The normalized spacial score (nSPS) is 11.7. The zero-order chi connectivity index (χ0) is 28.3. The number of benzene rings is 7. The van der Waals surface area contributed by atoms with E-state index in [9.17, 15) is 0 Å². The molecule has 0 radical (unpaired) electrons. The second kappa shape index (κ2) is 9.81. The van der Waals surface area contributed by atoms with Crippen LogP contribution >= 0.6 is 22.7 Å². The van der Waals surface area contributed by atoms with Gasteiger partial charge in [-0.1, -0.05) is 109 Å². The average molecular weight is 584 g/mol. The fraction of sp³-hybridized carbons (Fsp3) is 0. The van der Waals surface area contributed by atoms with Gasteiger partial charge in [0.15, 0.2) is 0 Å². The number of rotatable bonds is 4. The van der Waals surface area contributed by atoms with Gasteiger partial charge in [0.2, 0.25) is 0 Å². The van der Waals surface area contributed by atoms with Crippen molar-refractivity contribution in [1.82, 2.24) is 0 Å². The minimum absolute atomic E-state index is 1.15. The highest BCUT2D eigenvalue weighted by atomic mass is 32.1. The molecule has 202 valence electrons. The van der Waals surface area contributed by atoms with Gasteiger partial charge in [0.05, 0.1) is 10.4 Å². The number of hydrogen-bond acceptors (Lipinski definition) is 3. The summed E-state index contributed by atoms with van der Waals surface area (Å²) in [7, 11) is 0. The number of hydrogen-bond donors (Lipinski definition) is 0. The maximum atomic E-state index is 2.39. The number of thiophene rings is 2. The topological polar surface area (TPSA) is 3.24 Å². The highest BCUT2D eigenvalue weighted by Gasteiger charge is 2.18. The molecule has 0 amide bonds. The van der Waals surface area contributed by atoms with Crippen LogP contribution in [0, 0.1) is 0 Å². The summed E-state index contributed by atoms with van der Waals surface area (Å²) in [5, 5.41) is 7.93. The largest absolute Gasteiger partial charge is 0.309 e. The van der Waals surface area contributed by atoms with Crippen molar-refractivity contribution in [1.29, 1.82) is 0 Å². The molecule has 3 heteroatoms. The van der Waals surface area contributed by atoms with Crippen molar-refractivity contribution in [2.75, 3.05) is 4.90 Å². The molecule has 0 fully saturated rings. The van der Waals surface area contributed by atoms with E-state index in [0.29, 0.717) is 0 Å². The van der Waals surface area contributed by atoms with Gasteiger partial charge in [0, 0.05) is 47.0 Å². The minimum atomic E-state index is 1.15. The Bertz CT molecular complexity index is 2450. The van der Waals surface area contributed by atoms with E-state index in [1.165, 1.54) is 67.9 Å². The quantitative estimate of drug-likeness (QED) is 0.199. The van der Waals surface area contributed by atoms with E-state index in [0.717, 1.165) is 11.4 Å². The van der Waals surface area contributed by atoms with Crippen molar-refractivity contribution in [2.45, 2.75) is 0 Å². The van der Waals surface area contributed by atoms with Crippen molar-refractivity contribution in [2.24, 2.45) is 0 Å². The van der Waals surface area contributed by atoms with E-state index in [4.69, 9.17) is 0 Å². The summed E-state index contributed by atoms with van der Waals surface area (Å²) in [5.41, 5.74) is 5.97. The lowest BCUT2D eigenvalue weighted by Gasteiger charge is -2.26. The molecule has 7 aromatic carbocycles. The first-order valence-corrected chi connectivity index (χ1v) is 16.1. The first-order chi connectivity index (χ1) is 21.3. The summed E-state index contributed by atoms with van der Waals surface area (Å²) in [6.45, 7) is 0. The van der Waals surface area contributed by atoms with Gasteiger partial charge in [-0.3, -0.25) is 0 Å². The highest BCUT2D eigenvalue weighted by Crippen LogP contribution is 2.45. The van der Waals surface area contributed by atoms with Crippen LogP contribution in [0.4, 0.5) is 17.1 Å². The van der Waals surface area contributed by atoms with Crippen LogP contribution < -0.4 is 4.90 Å². The van der Waals surface area contributed by atoms with Gasteiger partial charge >= 0.3 is 0 Å². The van der Waals surface area contributed by atoms with E-state index >= 15 is 0 Å². The van der Waals surface area contributed by atoms with Gasteiger partial charge in [-0.15, -0.1) is 22.7 Å². The Morgan fingerprint density at radius 1 is 0.372 bits per heavy atom. The molecule has 9 aromatic rings. The third kappa shape index (κ3) is 3.97. The van der Waals surface area contributed by atoms with Crippen LogP contribution in [-0.2, 0) is 0 Å². The van der Waals surface area contributed by atoms with Crippen LogP contribution in [0.5, 0.6) is 0 Å². The van der Waals surface area contributed by atoms with Crippen LogP contribution in [0.3, 0.4) is 0 Å². The Balaban J connectivity index is 1.16. The molecule has 0 saturated carbocycles. The molecular formula is C40H25NS2. The summed E-state index contributed by atoms with van der Waals surface area (Å²) < 4.78 is 5.32. The molecule has 9 rings (SSSR count). The molecule has 0 saturated heterocycles. The number of para-hydroxylation sites is 1. The minimum Gasteiger partial charge on any atom is -0.309 e. The SMILES string of the molecule is c1ccc(N(c2ccc(-c3ccc4c(c3)sc3c5ccccc5ccc43)cc2)c2cccc3c2sc2ccccc23)cc1. The van der Waals surface area contributed by atoms with Gasteiger partial charge in [0.25, 0.3) is 0 Å². The standard InChI is InChI=1S/C40H25NS2/c1-2-10-29(11-3-1)41(36-15-8-14-34-32-13-6-7-16-37(32)42-40(34)36)30-21-17-26(18-22-30)28-20-23-33-35-24-19-27-9-4-5-12-31(27)39(35)43-38(33)25-28/h1-25H. The van der Waals surface area contributed by atoms with Gasteiger partial charge < -0.3 is 4.90 Å². The average Bonchev–Trinajstić information content (AvgIpc) is 3.65. The Labute approximate surface area is 257 Å². The summed E-state index contributed by atoms with van der Waals surface area (Å²) in [6.07, 6.45) is 0. The van der Waals surface area contributed by atoms with Gasteiger partial charge in [0.1, 0.15) is 0 Å². The lowest BCUT2D eigenvalue weighted by Crippen LogP contribution is -2.09. The van der Waals surface area contributed by atoms with E-state index in [1.807, 2.05) is 22.7 Å². The van der Waals surface area contributed by atoms with Crippen molar-refractivity contribution >= 4 is 90.9 Å². The van der Waals surface area contributed by atoms with Crippen LogP contribution in [-0.4, -0.2) is 0 Å². The zero-order valence-corrected chi connectivity index (χ0v) is 24.8. The first kappa shape index (κ1) is 24.6. The Kier molecular flexibility index (Phi) is 5.62. The van der Waals surface area contributed by atoms with Crippen molar-refractivity contribution in [3.63, 3.8) is 0 Å². The highest BCUT2D eigenvalue weighted by molar-refractivity contribution is 7.27. The number of nitrogens with zero attached hydrogens (tertiary/aromatic N) is 1. The molecule has 0 aliphatic rings. The molecule has 0 atom stereocenters. The molecule has 0 spiro atoms. The van der Waals surface area contributed by atoms with Crippen LogP contribution in [0.2, 0.25) is 0 Å². The van der Waals surface area contributed by atoms with Crippen LogP contribution in [0.15, 0.2) is 152 Å². The summed E-state index contributed by atoms with van der Waals surface area (Å²) in [4.78, 5) is 2.39. The summed E-state index contributed by atoms with van der Waals surface area (Å²) in [6, 6.07) is 55.3. The molecule has 1 nitrogen and oxygen atoms in total. The third-order valence-corrected chi connectivity index (χ3v) is 10.9. The fourth-order valence-corrected chi connectivity index (χ4v) is 8.88. The van der Waals surface area contributed by atoms with Crippen molar-refractivity contribution in [3.8, 4) is 11.1 Å². The van der Waals surface area contributed by atoms with Crippen molar-refractivity contribution < 1.29 is 0 Å². The van der Waals surface area contributed by atoms with E-state index in [2.05, 4.69) is 157 Å². The number of fused-ring (bicyclic) bond motifs is 8. The second-order valence-corrected chi connectivity index (χ2v) is 13.1. The van der Waals surface area contributed by atoms with E-state index in [1.54, 1.807) is 0 Å². The molecular weight excluding hydrogens is 559 g/mol. The zero-order valence-electron chi connectivity index (χ0n) is 23.2. The van der Waals surface area contributed by atoms with E-state index in [-0.39, 0.29) is 0 Å². The van der Waals surface area contributed by atoms with Crippen molar-refractivity contribution in [3.05, 3.63) is 152 Å². The third-order valence-electron chi connectivity index (χ3n) is 8.46. The maximum Gasteiger partial charge on any atom is 0.0640 e. The summed E-state index contributed by atoms with van der Waals surface area (Å²) >= 11 is 3.77. The second-order valence-electron chi connectivity index (χ2n) is 10.9. The monoisotopic (exact) mass is 583 g/mol. The predicted octanol–water partition coefficient (Wildman–Crippen LogP) is 12.7. The molecule has 2 heterocycles. The number of anilines is 3. The Morgan fingerprint density at radius 3 is 1.88 bits per heavy atom. The molecule has 0 bridgehead atoms. The molecule has 43 heavy (non-hydrogen) atoms.